The summed E-state index contributed by atoms with van der Waals surface area (Å²) in [6.45, 7) is 7.25. The maximum atomic E-state index is 10.6. The van der Waals surface area contributed by atoms with Gasteiger partial charge in [0.2, 0.25) is 0 Å². The van der Waals surface area contributed by atoms with Crippen LogP contribution in [0.15, 0.2) is 25.3 Å². The summed E-state index contributed by atoms with van der Waals surface area (Å²) < 4.78 is 9.23. The zero-order valence-electron chi connectivity index (χ0n) is 6.53. The van der Waals surface area contributed by atoms with Crippen LogP contribution in [-0.4, -0.2) is 13.2 Å². The van der Waals surface area contributed by atoms with Crippen molar-refractivity contribution in [2.24, 2.45) is 0 Å². The second-order valence-corrected chi connectivity index (χ2v) is 2.36. The van der Waals surface area contributed by atoms with Crippen molar-refractivity contribution in [2.75, 3.05) is 13.2 Å². The van der Waals surface area contributed by atoms with Crippen LogP contribution in [0.3, 0.4) is 0 Å². The monoisotopic (exact) mass is 338 g/mol. The van der Waals surface area contributed by atoms with Gasteiger partial charge in [-0.3, -0.25) is 0 Å². The summed E-state index contributed by atoms with van der Waals surface area (Å²) in [7, 11) is -1.98. The Balaban J connectivity index is -0.000000405. The number of hydrogen-bond acceptors (Lipinski definition) is 3. The summed E-state index contributed by atoms with van der Waals surface area (Å²) >= 11 is 0. The van der Waals surface area contributed by atoms with Crippen LogP contribution in [0.25, 0.3) is 0 Å². The largest absolute Gasteiger partial charge is 1.00 e. The van der Waals surface area contributed by atoms with E-state index in [1.165, 1.54) is 12.2 Å². The van der Waals surface area contributed by atoms with Crippen molar-refractivity contribution < 1.29 is 67.2 Å². The Hall–Kier alpha value is 1.43. The molecule has 0 atom stereocenters. The number of hydrogen-bond donors (Lipinski definition) is 0. The fourth-order valence-corrected chi connectivity index (χ4v) is 0.793. The minimum atomic E-state index is -1.98. The summed E-state index contributed by atoms with van der Waals surface area (Å²) in [5, 5.41) is 0. The Kier molecular flexibility index (Phi) is 23.7. The van der Waals surface area contributed by atoms with Crippen molar-refractivity contribution >= 4 is 8.60 Å². The molecule has 0 heterocycles. The van der Waals surface area contributed by atoms with Gasteiger partial charge in [0, 0.05) is 40.8 Å². The maximum absolute atomic E-state index is 10.6. The first-order valence-corrected chi connectivity index (χ1v) is 3.85. The molecule has 6 heteroatoms. The first-order valence-electron chi connectivity index (χ1n) is 2.76. The van der Waals surface area contributed by atoms with Gasteiger partial charge in [-0.1, -0.05) is 12.2 Å². The molecule has 0 saturated carbocycles. The molecule has 0 aromatic carbocycles. The predicted octanol–water partition coefficient (Wildman–Crippen LogP) is -2.02. The van der Waals surface area contributed by atoms with E-state index in [1.807, 2.05) is 0 Å². The van der Waals surface area contributed by atoms with Crippen molar-refractivity contribution in [1.82, 2.24) is 0 Å². The third kappa shape index (κ3) is 14.0. The van der Waals surface area contributed by atoms with Crippen molar-refractivity contribution in [2.45, 2.75) is 0 Å². The molecule has 0 saturated heterocycles. The van der Waals surface area contributed by atoms with Gasteiger partial charge in [-0.15, -0.1) is 13.2 Å². The molecule has 70 valence electrons. The van der Waals surface area contributed by atoms with E-state index in [9.17, 15) is 4.89 Å². The Bertz CT molecular complexity index is 103. The second kappa shape index (κ2) is 14.9. The van der Waals surface area contributed by atoms with Crippen molar-refractivity contribution in [3.8, 4) is 0 Å². The van der Waals surface area contributed by atoms with Crippen molar-refractivity contribution in [1.29, 1.82) is 0 Å². The van der Waals surface area contributed by atoms with Gasteiger partial charge in [-0.2, -0.15) is 0 Å². The SMILES string of the molecule is C=CCOP([O-])OCC=C.[Cl-].[Nd]. The summed E-state index contributed by atoms with van der Waals surface area (Å²) in [6, 6.07) is 0. The quantitative estimate of drug-likeness (QED) is 0.414. The topological polar surface area (TPSA) is 41.5 Å². The van der Waals surface area contributed by atoms with E-state index >= 15 is 0 Å². The minimum Gasteiger partial charge on any atom is -1.00 e. The molecule has 0 aromatic heterocycles. The Morgan fingerprint density at radius 2 is 1.50 bits per heavy atom. The third-order valence-electron chi connectivity index (χ3n) is 0.596. The van der Waals surface area contributed by atoms with Crippen LogP contribution in [0.4, 0.5) is 0 Å². The molecule has 3 nitrogen and oxygen atoms in total. The van der Waals surface area contributed by atoms with E-state index in [1.54, 1.807) is 0 Å². The van der Waals surface area contributed by atoms with E-state index in [2.05, 4.69) is 22.2 Å². The van der Waals surface area contributed by atoms with E-state index in [0.29, 0.717) is 0 Å². The van der Waals surface area contributed by atoms with E-state index in [4.69, 9.17) is 0 Å². The molecule has 0 amide bonds. The Morgan fingerprint density at radius 1 is 1.17 bits per heavy atom. The summed E-state index contributed by atoms with van der Waals surface area (Å²) in [6.07, 6.45) is 3.01. The molecule has 0 unspecified atom stereocenters. The smallest absolute Gasteiger partial charge is 0.0838 e. The Labute approximate surface area is 113 Å². The van der Waals surface area contributed by atoms with Crippen molar-refractivity contribution in [3.05, 3.63) is 25.3 Å². The van der Waals surface area contributed by atoms with Gasteiger partial charge in [0.15, 0.2) is 0 Å². The molecule has 0 aliphatic carbocycles. The van der Waals surface area contributed by atoms with Crippen LogP contribution in [0, 0.1) is 40.8 Å². The molecule has 0 N–H and O–H groups in total. The summed E-state index contributed by atoms with van der Waals surface area (Å²) in [5.74, 6) is 0. The molecule has 0 aliphatic heterocycles. The van der Waals surface area contributed by atoms with E-state index in [-0.39, 0.29) is 66.5 Å². The molecule has 0 fully saturated rings. The van der Waals surface area contributed by atoms with Crippen LogP contribution in [0.5, 0.6) is 0 Å². The maximum Gasteiger partial charge on any atom is 0.0838 e. The van der Waals surface area contributed by atoms with Crippen LogP contribution in [0.1, 0.15) is 0 Å². The molecule has 0 aromatic rings. The van der Waals surface area contributed by atoms with Crippen LogP contribution >= 0.6 is 8.60 Å². The van der Waals surface area contributed by atoms with E-state index < -0.39 is 8.60 Å². The standard InChI is InChI=1S/C6H10O3P.ClH.Nd/c1-3-5-8-10(7)9-6-4-2;;/h3-4H,1-2,5-6H2;1H;/q-1;;/p-1. The van der Waals surface area contributed by atoms with Gasteiger partial charge < -0.3 is 26.3 Å². The third-order valence-corrected chi connectivity index (χ3v) is 1.32. The normalized spacial score (nSPS) is 8.17. The number of rotatable bonds is 6. The molecule has 0 aliphatic rings. The molecule has 0 rings (SSSR count). The molecule has 12 heavy (non-hydrogen) atoms. The van der Waals surface area contributed by atoms with Gasteiger partial charge in [0.1, 0.15) is 0 Å². The summed E-state index contributed by atoms with van der Waals surface area (Å²) in [5.41, 5.74) is 0. The fourth-order valence-electron chi connectivity index (χ4n) is 0.264. The first-order chi connectivity index (χ1) is 4.81. The van der Waals surface area contributed by atoms with Gasteiger partial charge in [-0.25, -0.2) is 0 Å². The van der Waals surface area contributed by atoms with Gasteiger partial charge in [0.25, 0.3) is 0 Å². The van der Waals surface area contributed by atoms with Crippen LogP contribution in [-0.2, 0) is 9.05 Å². The minimum absolute atomic E-state index is 0. The molecule has 0 spiro atoms. The molecular formula is C6H10ClNdO3P-2. The van der Waals surface area contributed by atoms with Gasteiger partial charge in [-0.05, 0) is 0 Å². The van der Waals surface area contributed by atoms with Crippen LogP contribution < -0.4 is 17.3 Å². The average molecular weight is 341 g/mol. The first kappa shape index (κ1) is 19.1. The molecule has 0 bridgehead atoms. The zero-order valence-corrected chi connectivity index (χ0v) is 11.4. The van der Waals surface area contributed by atoms with Crippen molar-refractivity contribution in [3.63, 3.8) is 0 Å². The summed E-state index contributed by atoms with van der Waals surface area (Å²) in [4.78, 5) is 10.6. The zero-order chi connectivity index (χ0) is 7.82. The molecule has 0 radical (unpaired) electrons. The Morgan fingerprint density at radius 3 is 1.75 bits per heavy atom. The predicted molar refractivity (Wildman–Crippen MR) is 39.2 cm³/mol. The van der Waals surface area contributed by atoms with Crippen LogP contribution in [0.2, 0.25) is 0 Å². The molecular weight excluding hydrogens is 331 g/mol. The fraction of sp³-hybridized carbons (Fsp3) is 0.333. The van der Waals surface area contributed by atoms with Gasteiger partial charge in [0.05, 0.1) is 21.8 Å². The average Bonchev–Trinajstić information content (AvgIpc) is 1.97. The number of halogens is 1. The van der Waals surface area contributed by atoms with Gasteiger partial charge >= 0.3 is 0 Å². The second-order valence-electron chi connectivity index (χ2n) is 1.39. The van der Waals surface area contributed by atoms with E-state index in [0.717, 1.165) is 0 Å².